The van der Waals surface area contributed by atoms with E-state index in [1.165, 1.54) is 18.2 Å². The number of alkyl halides is 5. The topological polar surface area (TPSA) is 68.9 Å². The van der Waals surface area contributed by atoms with E-state index < -0.39 is 31.1 Å². The normalized spacial score (nSPS) is 12.2. The van der Waals surface area contributed by atoms with Crippen molar-refractivity contribution in [3.63, 3.8) is 0 Å². The SMILES string of the molecule is NC(=NCc1c(F)cccc1OC(F)F)Nc1ccc(OC(F)(F)F)cc1. The molecule has 0 radical (unpaired) electrons. The molecule has 27 heavy (non-hydrogen) atoms. The molecule has 2 aromatic carbocycles. The summed E-state index contributed by atoms with van der Waals surface area (Å²) >= 11 is 0. The Morgan fingerprint density at radius 3 is 2.37 bits per heavy atom. The summed E-state index contributed by atoms with van der Waals surface area (Å²) in [6, 6.07) is 8.00. The third kappa shape index (κ3) is 6.60. The summed E-state index contributed by atoms with van der Waals surface area (Å²) in [5, 5.41) is 2.56. The van der Waals surface area contributed by atoms with Gasteiger partial charge in [-0.1, -0.05) is 6.07 Å². The van der Waals surface area contributed by atoms with E-state index in [1.54, 1.807) is 0 Å². The molecule has 11 heteroatoms. The van der Waals surface area contributed by atoms with Crippen molar-refractivity contribution in [2.75, 3.05) is 5.32 Å². The number of nitrogens with one attached hydrogen (secondary N) is 1. The largest absolute Gasteiger partial charge is 0.573 e. The molecular formula is C16H13F6N3O2. The summed E-state index contributed by atoms with van der Waals surface area (Å²) < 4.78 is 82.7. The van der Waals surface area contributed by atoms with Crippen LogP contribution >= 0.6 is 0 Å². The lowest BCUT2D eigenvalue weighted by Crippen LogP contribution is -2.23. The molecule has 0 spiro atoms. The Morgan fingerprint density at radius 1 is 1.11 bits per heavy atom. The second-order valence-corrected chi connectivity index (χ2v) is 4.99. The Kier molecular flexibility index (Phi) is 6.37. The molecule has 0 saturated heterocycles. The fourth-order valence-corrected chi connectivity index (χ4v) is 1.99. The van der Waals surface area contributed by atoms with E-state index in [1.807, 2.05) is 0 Å². The van der Waals surface area contributed by atoms with Crippen molar-refractivity contribution in [1.29, 1.82) is 0 Å². The van der Waals surface area contributed by atoms with Crippen molar-refractivity contribution in [3.8, 4) is 11.5 Å². The number of anilines is 1. The average molecular weight is 393 g/mol. The lowest BCUT2D eigenvalue weighted by Gasteiger charge is -2.11. The molecule has 2 aromatic rings. The van der Waals surface area contributed by atoms with E-state index in [-0.39, 0.29) is 23.0 Å². The van der Waals surface area contributed by atoms with Gasteiger partial charge in [-0.25, -0.2) is 9.38 Å². The van der Waals surface area contributed by atoms with Crippen LogP contribution in [0.5, 0.6) is 11.5 Å². The number of hydrogen-bond donors (Lipinski definition) is 2. The molecule has 146 valence electrons. The van der Waals surface area contributed by atoms with E-state index in [4.69, 9.17) is 5.73 Å². The van der Waals surface area contributed by atoms with Crippen LogP contribution in [0.3, 0.4) is 0 Å². The number of rotatable bonds is 6. The van der Waals surface area contributed by atoms with Crippen molar-refractivity contribution in [1.82, 2.24) is 0 Å². The minimum atomic E-state index is -4.81. The third-order valence-corrected chi connectivity index (χ3v) is 3.06. The van der Waals surface area contributed by atoms with Crippen LogP contribution in [-0.2, 0) is 6.54 Å². The molecule has 5 nitrogen and oxygen atoms in total. The number of ether oxygens (including phenoxy) is 2. The predicted octanol–water partition coefficient (Wildman–Crippen LogP) is 4.25. The van der Waals surface area contributed by atoms with Crippen LogP contribution in [0.15, 0.2) is 47.5 Å². The first-order valence-electron chi connectivity index (χ1n) is 7.29. The van der Waals surface area contributed by atoms with Gasteiger partial charge >= 0.3 is 13.0 Å². The fourth-order valence-electron chi connectivity index (χ4n) is 1.99. The Labute approximate surface area is 149 Å². The zero-order chi connectivity index (χ0) is 20.0. The van der Waals surface area contributed by atoms with Crippen LogP contribution < -0.4 is 20.5 Å². The van der Waals surface area contributed by atoms with Crippen LogP contribution in [0.2, 0.25) is 0 Å². The van der Waals surface area contributed by atoms with Crippen molar-refractivity contribution in [3.05, 3.63) is 53.8 Å². The molecule has 2 rings (SSSR count). The van der Waals surface area contributed by atoms with Crippen LogP contribution in [0.25, 0.3) is 0 Å². The molecule has 3 N–H and O–H groups in total. The van der Waals surface area contributed by atoms with Gasteiger partial charge in [0.25, 0.3) is 0 Å². The lowest BCUT2D eigenvalue weighted by atomic mass is 10.2. The van der Waals surface area contributed by atoms with Crippen LogP contribution in [0.1, 0.15) is 5.56 Å². The first-order valence-corrected chi connectivity index (χ1v) is 7.29. The fraction of sp³-hybridized carbons (Fsp3) is 0.188. The van der Waals surface area contributed by atoms with Crippen molar-refractivity contribution < 1.29 is 35.8 Å². The number of aliphatic imine (C=N–C) groups is 1. The van der Waals surface area contributed by atoms with Gasteiger partial charge in [0.05, 0.1) is 12.1 Å². The summed E-state index contributed by atoms with van der Waals surface area (Å²) in [5.74, 6) is -1.83. The van der Waals surface area contributed by atoms with E-state index in [0.29, 0.717) is 0 Å². The maximum absolute atomic E-state index is 13.8. The van der Waals surface area contributed by atoms with Gasteiger partial charge in [-0.05, 0) is 36.4 Å². The zero-order valence-electron chi connectivity index (χ0n) is 13.4. The van der Waals surface area contributed by atoms with Crippen LogP contribution in [-0.4, -0.2) is 18.9 Å². The zero-order valence-corrected chi connectivity index (χ0v) is 13.4. The number of guanidine groups is 1. The molecular weight excluding hydrogens is 380 g/mol. The second kappa shape index (κ2) is 8.52. The van der Waals surface area contributed by atoms with Crippen molar-refractivity contribution in [2.45, 2.75) is 19.5 Å². The molecule has 0 unspecified atom stereocenters. The van der Waals surface area contributed by atoms with Gasteiger partial charge in [-0.3, -0.25) is 0 Å². The molecule has 0 aromatic heterocycles. The molecule has 0 heterocycles. The molecule has 0 saturated carbocycles. The van der Waals surface area contributed by atoms with Gasteiger partial charge in [-0.15, -0.1) is 13.2 Å². The Hall–Kier alpha value is -3.11. The highest BCUT2D eigenvalue weighted by molar-refractivity contribution is 5.92. The Morgan fingerprint density at radius 2 is 1.78 bits per heavy atom. The monoisotopic (exact) mass is 393 g/mol. The van der Waals surface area contributed by atoms with Gasteiger partial charge in [0.2, 0.25) is 0 Å². The molecule has 0 fully saturated rings. The van der Waals surface area contributed by atoms with E-state index in [0.717, 1.165) is 24.3 Å². The minimum Gasteiger partial charge on any atom is -0.434 e. The Balaban J connectivity index is 2.04. The summed E-state index contributed by atoms with van der Waals surface area (Å²) in [6.07, 6.45) is -4.81. The van der Waals surface area contributed by atoms with Gasteiger partial charge in [0.1, 0.15) is 17.3 Å². The van der Waals surface area contributed by atoms with Crippen LogP contribution in [0.4, 0.5) is 32.0 Å². The molecule has 0 amide bonds. The highest BCUT2D eigenvalue weighted by atomic mass is 19.4. The van der Waals surface area contributed by atoms with Crippen molar-refractivity contribution >= 4 is 11.6 Å². The first kappa shape index (κ1) is 20.2. The van der Waals surface area contributed by atoms with Gasteiger partial charge in [-0.2, -0.15) is 8.78 Å². The molecule has 0 aliphatic rings. The predicted molar refractivity (Wildman–Crippen MR) is 85.1 cm³/mol. The number of halogens is 6. The first-order chi connectivity index (χ1) is 12.6. The summed E-state index contributed by atoms with van der Waals surface area (Å²) in [7, 11) is 0. The van der Waals surface area contributed by atoms with Gasteiger partial charge < -0.3 is 20.5 Å². The van der Waals surface area contributed by atoms with E-state index >= 15 is 0 Å². The lowest BCUT2D eigenvalue weighted by molar-refractivity contribution is -0.274. The molecule has 0 aliphatic carbocycles. The summed E-state index contributed by atoms with van der Waals surface area (Å²) in [5.41, 5.74) is 5.67. The van der Waals surface area contributed by atoms with Crippen LogP contribution in [0, 0.1) is 5.82 Å². The summed E-state index contributed by atoms with van der Waals surface area (Å²) in [6.45, 7) is -3.54. The molecule has 0 atom stereocenters. The van der Waals surface area contributed by atoms with E-state index in [9.17, 15) is 26.3 Å². The van der Waals surface area contributed by atoms with E-state index in [2.05, 4.69) is 19.8 Å². The third-order valence-electron chi connectivity index (χ3n) is 3.06. The number of nitrogens with two attached hydrogens (primary N) is 1. The average Bonchev–Trinajstić information content (AvgIpc) is 2.54. The quantitative estimate of drug-likeness (QED) is 0.437. The standard InChI is InChI=1S/C16H13F6N3O2/c17-12-2-1-3-13(26-14(18)19)11(12)8-24-15(23)25-9-4-6-10(7-5-9)27-16(20,21)22/h1-7,14H,8H2,(H3,23,24,25). The highest BCUT2D eigenvalue weighted by Crippen LogP contribution is 2.25. The Bertz CT molecular complexity index is 794. The maximum Gasteiger partial charge on any atom is 0.573 e. The number of benzene rings is 2. The van der Waals surface area contributed by atoms with Crippen molar-refractivity contribution in [2.24, 2.45) is 10.7 Å². The maximum atomic E-state index is 13.8. The van der Waals surface area contributed by atoms with Gasteiger partial charge in [0, 0.05) is 5.69 Å². The minimum absolute atomic E-state index is 0.217. The van der Waals surface area contributed by atoms with Gasteiger partial charge in [0.15, 0.2) is 5.96 Å². The molecule has 0 bridgehead atoms. The smallest absolute Gasteiger partial charge is 0.434 e. The number of nitrogens with zero attached hydrogens (tertiary/aromatic N) is 1. The summed E-state index contributed by atoms with van der Waals surface area (Å²) in [4.78, 5) is 3.81. The second-order valence-electron chi connectivity index (χ2n) is 4.99. The highest BCUT2D eigenvalue weighted by Gasteiger charge is 2.30. The number of hydrogen-bond acceptors (Lipinski definition) is 3. The molecule has 0 aliphatic heterocycles.